The van der Waals surface area contributed by atoms with E-state index in [-0.39, 0.29) is 16.3 Å². The highest BCUT2D eigenvalue weighted by Gasteiger charge is 2.77. The van der Waals surface area contributed by atoms with E-state index in [9.17, 15) is 19.2 Å². The van der Waals surface area contributed by atoms with Gasteiger partial charge < -0.3 is 23.2 Å². The first kappa shape index (κ1) is 47.0. The lowest BCUT2D eigenvalue weighted by atomic mass is 9.69. The van der Waals surface area contributed by atoms with Crippen LogP contribution in [0.15, 0.2) is 167 Å². The number of hydroxylamine groups is 2. The predicted molar refractivity (Wildman–Crippen MR) is 255 cm³/mol. The number of hydrogen-bond acceptors (Lipinski definition) is 10. The molecule has 1 amide bonds. The van der Waals surface area contributed by atoms with E-state index in [0.29, 0.717) is 22.3 Å². The lowest BCUT2D eigenvalue weighted by Crippen LogP contribution is -2.74. The van der Waals surface area contributed by atoms with E-state index in [1.807, 2.05) is 93.6 Å². The van der Waals surface area contributed by atoms with Crippen molar-refractivity contribution in [3.8, 4) is 0 Å². The van der Waals surface area contributed by atoms with Crippen LogP contribution in [-0.2, 0) is 44.9 Å². The zero-order chi connectivity index (χ0) is 47.8. The number of ether oxygens (including phenoxy) is 2. The highest BCUT2D eigenvalue weighted by molar-refractivity contribution is 6.99. The Labute approximate surface area is 392 Å². The molecule has 0 aliphatic carbocycles. The van der Waals surface area contributed by atoms with Gasteiger partial charge in [0, 0.05) is 24.8 Å². The van der Waals surface area contributed by atoms with E-state index in [1.54, 1.807) is 72.8 Å². The predicted octanol–water partition coefficient (Wildman–Crippen LogP) is 6.59. The molecule has 4 atom stereocenters. The van der Waals surface area contributed by atoms with Crippen molar-refractivity contribution in [2.45, 2.75) is 94.7 Å². The molecule has 344 valence electrons. The standard InChI is InChI=1S/C52H53N3O10Si2/c1-35(56)61-43-44(64-67(50(5,6)7,39-27-16-10-17-28-39)40-29-18-11-19-30-40)52(62-46(43)54-33-32-42(57)53-48(54)60,47(59)63-55-34-36-22-20-21-31-41(36)45(55)58)51(65-66-49(2,3)4,37-23-12-8-13-24-37)38-25-14-9-15-26-38/h8-33,43-44,46H,34H2,1-7H3,(H,53,57,60). The fourth-order valence-corrected chi connectivity index (χ4v) is 14.9. The Balaban J connectivity index is 1.55. The first-order valence-corrected chi connectivity index (χ1v) is 24.9. The number of fused-ring (bicyclic) bond motifs is 1. The normalized spacial score (nSPS) is 19.8. The van der Waals surface area contributed by atoms with E-state index in [0.717, 1.165) is 26.1 Å². The molecule has 0 spiro atoms. The molecule has 1 N–H and O–H groups in total. The van der Waals surface area contributed by atoms with Crippen LogP contribution >= 0.6 is 0 Å². The Kier molecular flexibility index (Phi) is 12.8. The van der Waals surface area contributed by atoms with Crippen LogP contribution < -0.4 is 21.6 Å². The summed E-state index contributed by atoms with van der Waals surface area (Å²) in [7, 11) is -4.26. The first-order valence-electron chi connectivity index (χ1n) is 22.1. The van der Waals surface area contributed by atoms with Crippen LogP contribution in [0.5, 0.6) is 0 Å². The van der Waals surface area contributed by atoms with Gasteiger partial charge in [-0.2, -0.15) is 5.06 Å². The Morgan fingerprint density at radius 2 is 1.25 bits per heavy atom. The van der Waals surface area contributed by atoms with Gasteiger partial charge in [-0.1, -0.05) is 181 Å². The second kappa shape index (κ2) is 18.3. The Morgan fingerprint density at radius 3 is 1.75 bits per heavy atom. The zero-order valence-corrected chi connectivity index (χ0v) is 40.4. The third-order valence-corrected chi connectivity index (χ3v) is 18.1. The molecule has 2 aliphatic heterocycles. The van der Waals surface area contributed by atoms with Crippen LogP contribution in [0.4, 0.5) is 0 Å². The number of rotatable bonds is 13. The summed E-state index contributed by atoms with van der Waals surface area (Å²) in [5.41, 5.74) is -4.56. The molecule has 0 saturated carbocycles. The van der Waals surface area contributed by atoms with Crippen molar-refractivity contribution >= 4 is 46.3 Å². The van der Waals surface area contributed by atoms with Crippen LogP contribution in [0.1, 0.15) is 81.7 Å². The molecule has 1 fully saturated rings. The summed E-state index contributed by atoms with van der Waals surface area (Å²) in [5.74, 6) is -2.50. The minimum Gasteiger partial charge on any atom is -0.455 e. The number of aromatic amines is 1. The van der Waals surface area contributed by atoms with E-state index in [1.165, 1.54) is 13.1 Å². The quantitative estimate of drug-likeness (QED) is 0.0991. The summed E-state index contributed by atoms with van der Waals surface area (Å²) >= 11 is 0. The van der Waals surface area contributed by atoms with Crippen molar-refractivity contribution < 1.29 is 37.5 Å². The van der Waals surface area contributed by atoms with Gasteiger partial charge in [0.05, 0.1) is 6.54 Å². The fraction of sp³-hybridized carbons (Fsp3) is 0.288. The van der Waals surface area contributed by atoms with Gasteiger partial charge in [0.15, 0.2) is 17.9 Å². The molecular weight excluding hydrogens is 883 g/mol. The van der Waals surface area contributed by atoms with Crippen LogP contribution in [0, 0.1) is 0 Å². The third kappa shape index (κ3) is 8.46. The van der Waals surface area contributed by atoms with Gasteiger partial charge in [0.25, 0.3) is 19.8 Å². The number of H-pyrrole nitrogens is 1. The highest BCUT2D eigenvalue weighted by Crippen LogP contribution is 2.57. The smallest absolute Gasteiger partial charge is 0.370 e. The van der Waals surface area contributed by atoms with Crippen molar-refractivity contribution in [2.24, 2.45) is 0 Å². The molecule has 1 aromatic heterocycles. The second-order valence-electron chi connectivity index (χ2n) is 18.8. The summed E-state index contributed by atoms with van der Waals surface area (Å²) in [4.78, 5) is 80.5. The lowest BCUT2D eigenvalue weighted by molar-refractivity contribution is -0.240. The summed E-state index contributed by atoms with van der Waals surface area (Å²) in [6.45, 7) is 13.3. The Hall–Kier alpha value is -6.50. The third-order valence-electron chi connectivity index (χ3n) is 12.1. The molecule has 3 heterocycles. The van der Waals surface area contributed by atoms with Crippen LogP contribution in [0.3, 0.4) is 0 Å². The van der Waals surface area contributed by atoms with Gasteiger partial charge in [0.2, 0.25) is 15.4 Å². The van der Waals surface area contributed by atoms with E-state index in [2.05, 4.69) is 25.8 Å². The highest BCUT2D eigenvalue weighted by atomic mass is 28.4. The number of hydrogen-bond donors (Lipinski definition) is 1. The number of amides is 1. The van der Waals surface area contributed by atoms with Crippen LogP contribution in [0.2, 0.25) is 10.1 Å². The molecule has 67 heavy (non-hydrogen) atoms. The lowest BCUT2D eigenvalue weighted by Gasteiger charge is -2.52. The van der Waals surface area contributed by atoms with Gasteiger partial charge >= 0.3 is 17.6 Å². The molecule has 5 aromatic carbocycles. The minimum atomic E-state index is -3.90. The summed E-state index contributed by atoms with van der Waals surface area (Å²) in [6, 6.07) is 45.5. The van der Waals surface area contributed by atoms with Crippen LogP contribution in [-0.4, -0.2) is 68.3 Å². The molecular formula is C52H53N3O10Si2. The van der Waals surface area contributed by atoms with Gasteiger partial charge in [0.1, 0.15) is 6.10 Å². The fourth-order valence-electron chi connectivity index (χ4n) is 9.32. The van der Waals surface area contributed by atoms with E-state index >= 15 is 4.79 Å². The number of carbonyl (C=O) groups is 3. The maximum absolute atomic E-state index is 16.7. The molecule has 0 bridgehead atoms. The van der Waals surface area contributed by atoms with Crippen molar-refractivity contribution in [1.29, 1.82) is 0 Å². The molecule has 8 rings (SSSR count). The maximum atomic E-state index is 16.7. The van der Waals surface area contributed by atoms with Crippen molar-refractivity contribution in [1.82, 2.24) is 14.6 Å². The van der Waals surface area contributed by atoms with Crippen molar-refractivity contribution in [3.63, 3.8) is 0 Å². The largest absolute Gasteiger partial charge is 0.455 e. The maximum Gasteiger partial charge on any atom is 0.370 e. The molecule has 2 radical (unpaired) electrons. The van der Waals surface area contributed by atoms with Crippen molar-refractivity contribution in [3.05, 3.63) is 201 Å². The Morgan fingerprint density at radius 1 is 0.731 bits per heavy atom. The van der Waals surface area contributed by atoms with Gasteiger partial charge in [-0.25, -0.2) is 9.59 Å². The monoisotopic (exact) mass is 935 g/mol. The average molecular weight is 936 g/mol. The van der Waals surface area contributed by atoms with Gasteiger partial charge in [-0.05, 0) is 43.2 Å². The number of carbonyl (C=O) groups excluding carboxylic acids is 3. The molecule has 2 aliphatic rings. The van der Waals surface area contributed by atoms with Crippen LogP contribution in [0.25, 0.3) is 0 Å². The van der Waals surface area contributed by atoms with Crippen molar-refractivity contribution in [2.75, 3.05) is 0 Å². The molecule has 15 heteroatoms. The van der Waals surface area contributed by atoms with E-state index in [4.69, 9.17) is 23.2 Å². The molecule has 13 nitrogen and oxygen atoms in total. The number of esters is 1. The minimum absolute atomic E-state index is 0.0957. The Bertz CT molecular complexity index is 2790. The number of benzene rings is 5. The average Bonchev–Trinajstić information content (AvgIpc) is 3.79. The SMILES string of the molecule is CC(=O)OC1C(n2ccc(=O)[nH]c2=O)OC(C(=O)ON2Cc3ccccc3C2=O)(C(O[Si]C(C)(C)C)(c2ccccc2)c2ccccc2)C1O[Si](c1ccccc1)(c1ccccc1)C(C)(C)C. The summed E-state index contributed by atoms with van der Waals surface area (Å²) < 4.78 is 30.5. The number of nitrogens with zero attached hydrogens (tertiary/aromatic N) is 2. The topological polar surface area (TPSA) is 155 Å². The molecule has 1 saturated heterocycles. The van der Waals surface area contributed by atoms with Gasteiger partial charge in [-0.3, -0.25) is 23.9 Å². The molecule has 4 unspecified atom stereocenters. The zero-order valence-electron chi connectivity index (χ0n) is 38.4. The second-order valence-corrected chi connectivity index (χ2v) is 24.9. The number of aromatic nitrogens is 2. The van der Waals surface area contributed by atoms with E-state index < -0.39 is 77.1 Å². The number of nitrogens with one attached hydrogen (secondary N) is 1. The summed E-state index contributed by atoms with van der Waals surface area (Å²) in [6.07, 6.45) is -3.85. The first-order chi connectivity index (χ1) is 31.9. The summed E-state index contributed by atoms with van der Waals surface area (Å²) in [5, 5.41) is 1.28. The molecule has 6 aromatic rings. The van der Waals surface area contributed by atoms with Gasteiger partial charge in [-0.15, -0.1) is 0 Å².